The van der Waals surface area contributed by atoms with Crippen LogP contribution in [0.25, 0.3) is 16.6 Å². The highest BCUT2D eigenvalue weighted by Gasteiger charge is 2.25. The van der Waals surface area contributed by atoms with Crippen molar-refractivity contribution in [3.63, 3.8) is 0 Å². The topological polar surface area (TPSA) is 107 Å². The number of para-hydroxylation sites is 1. The van der Waals surface area contributed by atoms with Crippen molar-refractivity contribution >= 4 is 38.2 Å². The number of halogens is 1. The molecule has 10 heteroatoms. The molecule has 2 aromatic heterocycles. The number of anilines is 1. The van der Waals surface area contributed by atoms with Crippen molar-refractivity contribution < 1.29 is 12.9 Å². The van der Waals surface area contributed by atoms with Crippen LogP contribution >= 0.6 is 11.6 Å². The Morgan fingerprint density at radius 3 is 2.53 bits per heavy atom. The monoisotopic (exact) mass is 444 g/mol. The number of fused-ring (bicyclic) bond motifs is 1. The molecule has 0 radical (unpaired) electrons. The molecule has 8 nitrogen and oxygen atoms in total. The predicted octanol–water partition coefficient (Wildman–Crippen LogP) is 3.75. The molecule has 30 heavy (non-hydrogen) atoms. The molecule has 0 amide bonds. The van der Waals surface area contributed by atoms with E-state index in [4.69, 9.17) is 16.1 Å². The smallest absolute Gasteiger partial charge is 0.267 e. The van der Waals surface area contributed by atoms with Crippen molar-refractivity contribution in [2.24, 2.45) is 0 Å². The van der Waals surface area contributed by atoms with Crippen molar-refractivity contribution in [2.45, 2.75) is 25.7 Å². The van der Waals surface area contributed by atoms with E-state index in [1.165, 1.54) is 30.5 Å². The Bertz CT molecular complexity index is 1440. The third kappa shape index (κ3) is 3.35. The summed E-state index contributed by atoms with van der Waals surface area (Å²) in [5.41, 5.74) is 1.10. The van der Waals surface area contributed by atoms with Crippen LogP contribution in [0.15, 0.2) is 56.7 Å². The standard InChI is InChI=1S/C20H17ClN4O4S/c1-11-19(12(2)29-23-11)30(27,28)24-18-10-14(8-9-16(18)21)25-13(3)22-17-7-5-4-6-15(17)20(25)26/h4-10,24H,1-3H3. The third-order valence-electron chi connectivity index (χ3n) is 4.63. The van der Waals surface area contributed by atoms with Gasteiger partial charge in [0, 0.05) is 0 Å². The lowest BCUT2D eigenvalue weighted by Crippen LogP contribution is -2.22. The summed E-state index contributed by atoms with van der Waals surface area (Å²) in [6, 6.07) is 11.7. The lowest BCUT2D eigenvalue weighted by atomic mass is 10.2. The molecular formula is C20H17ClN4O4S. The highest BCUT2D eigenvalue weighted by Crippen LogP contribution is 2.29. The highest BCUT2D eigenvalue weighted by atomic mass is 35.5. The summed E-state index contributed by atoms with van der Waals surface area (Å²) >= 11 is 6.24. The number of rotatable bonds is 4. The fraction of sp³-hybridized carbons (Fsp3) is 0.150. The minimum absolute atomic E-state index is 0.0512. The van der Waals surface area contributed by atoms with Gasteiger partial charge in [-0.15, -0.1) is 0 Å². The molecule has 2 heterocycles. The Morgan fingerprint density at radius 2 is 1.83 bits per heavy atom. The van der Waals surface area contributed by atoms with Crippen molar-refractivity contribution in [3.8, 4) is 5.69 Å². The van der Waals surface area contributed by atoms with Gasteiger partial charge in [0.2, 0.25) is 0 Å². The van der Waals surface area contributed by atoms with Crippen LogP contribution in [0.3, 0.4) is 0 Å². The van der Waals surface area contributed by atoms with Crippen molar-refractivity contribution in [1.29, 1.82) is 0 Å². The third-order valence-corrected chi connectivity index (χ3v) is 6.57. The fourth-order valence-electron chi connectivity index (χ4n) is 3.33. The number of nitrogens with zero attached hydrogens (tertiary/aromatic N) is 3. The van der Waals surface area contributed by atoms with Crippen LogP contribution in [0.5, 0.6) is 0 Å². The molecule has 0 aliphatic carbocycles. The first kappa shape index (κ1) is 20.1. The normalized spacial score (nSPS) is 11.7. The molecule has 0 saturated heterocycles. The Kier molecular flexibility index (Phi) is 4.87. The van der Waals surface area contributed by atoms with E-state index in [0.717, 1.165) is 0 Å². The van der Waals surface area contributed by atoms with Crippen LogP contribution < -0.4 is 10.3 Å². The van der Waals surface area contributed by atoms with Gasteiger partial charge >= 0.3 is 0 Å². The van der Waals surface area contributed by atoms with Gasteiger partial charge in [-0.2, -0.15) is 0 Å². The Balaban J connectivity index is 1.84. The van der Waals surface area contributed by atoms with Crippen LogP contribution in [-0.4, -0.2) is 23.1 Å². The SMILES string of the molecule is Cc1noc(C)c1S(=O)(=O)Nc1cc(-n2c(C)nc3ccccc3c2=O)ccc1Cl. The Labute approximate surface area is 177 Å². The lowest BCUT2D eigenvalue weighted by Gasteiger charge is -2.14. The van der Waals surface area contributed by atoms with Crippen LogP contribution in [0.1, 0.15) is 17.3 Å². The number of nitrogens with one attached hydrogen (secondary N) is 1. The molecule has 1 N–H and O–H groups in total. The summed E-state index contributed by atoms with van der Waals surface area (Å²) in [7, 11) is -4.00. The molecule has 0 bridgehead atoms. The Hall–Kier alpha value is -3.17. The van der Waals surface area contributed by atoms with E-state index in [0.29, 0.717) is 22.4 Å². The van der Waals surface area contributed by atoms with Gasteiger partial charge < -0.3 is 4.52 Å². The van der Waals surface area contributed by atoms with Gasteiger partial charge in [-0.25, -0.2) is 13.4 Å². The van der Waals surface area contributed by atoms with Crippen LogP contribution in [-0.2, 0) is 10.0 Å². The largest absolute Gasteiger partial charge is 0.360 e. The van der Waals surface area contributed by atoms with E-state index in [9.17, 15) is 13.2 Å². The average Bonchev–Trinajstić information content (AvgIpc) is 3.03. The van der Waals surface area contributed by atoms with Crippen molar-refractivity contribution in [1.82, 2.24) is 14.7 Å². The van der Waals surface area contributed by atoms with Crippen molar-refractivity contribution in [2.75, 3.05) is 4.72 Å². The molecule has 0 atom stereocenters. The lowest BCUT2D eigenvalue weighted by molar-refractivity contribution is 0.390. The zero-order valence-electron chi connectivity index (χ0n) is 16.3. The second-order valence-corrected chi connectivity index (χ2v) is 8.77. The predicted molar refractivity (Wildman–Crippen MR) is 114 cm³/mol. The molecular weight excluding hydrogens is 428 g/mol. The number of hydrogen-bond donors (Lipinski definition) is 1. The molecule has 0 aliphatic rings. The zero-order valence-corrected chi connectivity index (χ0v) is 17.9. The van der Waals surface area contributed by atoms with E-state index in [2.05, 4.69) is 14.9 Å². The minimum atomic E-state index is -4.00. The average molecular weight is 445 g/mol. The van der Waals surface area contributed by atoms with Gasteiger partial charge in [0.15, 0.2) is 10.7 Å². The van der Waals surface area contributed by atoms with Crippen LogP contribution in [0, 0.1) is 20.8 Å². The summed E-state index contributed by atoms with van der Waals surface area (Å²) < 4.78 is 34.6. The molecule has 0 unspecified atom stereocenters. The number of aromatic nitrogens is 3. The number of benzene rings is 2. The number of sulfonamides is 1. The van der Waals surface area contributed by atoms with Gasteiger partial charge in [-0.05, 0) is 51.1 Å². The number of hydrogen-bond acceptors (Lipinski definition) is 6. The van der Waals surface area contributed by atoms with Crippen molar-refractivity contribution in [3.05, 3.63) is 75.1 Å². The van der Waals surface area contributed by atoms with Crippen LogP contribution in [0.2, 0.25) is 5.02 Å². The van der Waals surface area contributed by atoms with E-state index in [1.54, 1.807) is 31.2 Å². The quantitative estimate of drug-likeness (QED) is 0.513. The first-order chi connectivity index (χ1) is 14.2. The second-order valence-electron chi connectivity index (χ2n) is 6.74. The summed E-state index contributed by atoms with van der Waals surface area (Å²) in [5, 5.41) is 4.31. The van der Waals surface area contributed by atoms with E-state index in [1.807, 2.05) is 6.07 Å². The Morgan fingerprint density at radius 1 is 1.10 bits per heavy atom. The molecule has 0 spiro atoms. The van der Waals surface area contributed by atoms with Gasteiger partial charge in [-0.1, -0.05) is 28.9 Å². The zero-order chi connectivity index (χ0) is 21.6. The summed E-state index contributed by atoms with van der Waals surface area (Å²) in [6.07, 6.45) is 0. The van der Waals surface area contributed by atoms with E-state index < -0.39 is 10.0 Å². The fourth-order valence-corrected chi connectivity index (χ4v) is 4.96. The minimum Gasteiger partial charge on any atom is -0.360 e. The summed E-state index contributed by atoms with van der Waals surface area (Å²) in [4.78, 5) is 17.5. The maximum absolute atomic E-state index is 13.0. The molecule has 0 saturated carbocycles. The van der Waals surface area contributed by atoms with Gasteiger partial charge in [-0.3, -0.25) is 14.1 Å². The maximum Gasteiger partial charge on any atom is 0.267 e. The van der Waals surface area contributed by atoms with Crippen LogP contribution in [0.4, 0.5) is 5.69 Å². The summed E-state index contributed by atoms with van der Waals surface area (Å²) in [6.45, 7) is 4.75. The van der Waals surface area contributed by atoms with Gasteiger partial charge in [0.05, 0.1) is 27.3 Å². The number of aryl methyl sites for hydroxylation is 3. The first-order valence-corrected chi connectivity index (χ1v) is 10.8. The first-order valence-electron chi connectivity index (χ1n) is 8.93. The maximum atomic E-state index is 13.0. The molecule has 4 aromatic rings. The molecule has 2 aromatic carbocycles. The second kappa shape index (κ2) is 7.26. The highest BCUT2D eigenvalue weighted by molar-refractivity contribution is 7.92. The summed E-state index contributed by atoms with van der Waals surface area (Å²) in [5.74, 6) is 0.624. The van der Waals surface area contributed by atoms with E-state index in [-0.39, 0.29) is 32.6 Å². The molecule has 4 rings (SSSR count). The molecule has 0 fully saturated rings. The molecule has 154 valence electrons. The molecule has 0 aliphatic heterocycles. The van der Waals surface area contributed by atoms with E-state index >= 15 is 0 Å². The van der Waals surface area contributed by atoms with Gasteiger partial charge in [0.25, 0.3) is 15.6 Å². The van der Waals surface area contributed by atoms with Gasteiger partial charge in [0.1, 0.15) is 11.5 Å².